The number of hydrogen-bond acceptors (Lipinski definition) is 5. The third-order valence-electron chi connectivity index (χ3n) is 3.86. The number of nitrogens with zero attached hydrogens (tertiary/aromatic N) is 2. The second-order valence-electron chi connectivity index (χ2n) is 5.34. The Balaban J connectivity index is 1.63. The van der Waals surface area contributed by atoms with Crippen molar-refractivity contribution >= 4 is 5.82 Å². The quantitative estimate of drug-likeness (QED) is 0.836. The predicted octanol–water partition coefficient (Wildman–Crippen LogP) is 1.28. The molecule has 2 N–H and O–H groups in total. The lowest BCUT2D eigenvalue weighted by Crippen LogP contribution is -2.45. The van der Waals surface area contributed by atoms with Crippen LogP contribution in [0.1, 0.15) is 25.0 Å². The Morgan fingerprint density at radius 2 is 2.47 bits per heavy atom. The largest absolute Gasteiger partial charge is 0.371 e. The first-order valence-corrected chi connectivity index (χ1v) is 6.78. The van der Waals surface area contributed by atoms with Gasteiger partial charge in [0.1, 0.15) is 17.6 Å². The molecule has 2 fully saturated rings. The number of anilines is 1. The number of aromatic nitrogens is 1. The molecule has 0 radical (unpaired) electrons. The molecule has 2 atom stereocenters. The molecule has 19 heavy (non-hydrogen) atoms. The van der Waals surface area contributed by atoms with Gasteiger partial charge in [0.2, 0.25) is 0 Å². The summed E-state index contributed by atoms with van der Waals surface area (Å²) in [5.41, 5.74) is 0.445. The van der Waals surface area contributed by atoms with Crippen molar-refractivity contribution in [3.8, 4) is 6.07 Å². The zero-order valence-corrected chi connectivity index (χ0v) is 10.9. The van der Waals surface area contributed by atoms with Gasteiger partial charge >= 0.3 is 0 Å². The molecule has 0 saturated carbocycles. The van der Waals surface area contributed by atoms with Gasteiger partial charge in [-0.05, 0) is 31.5 Å². The van der Waals surface area contributed by atoms with E-state index in [0.717, 1.165) is 31.7 Å². The summed E-state index contributed by atoms with van der Waals surface area (Å²) in [5.74, 6) is 0.758. The molecule has 0 bridgehead atoms. The Labute approximate surface area is 113 Å². The van der Waals surface area contributed by atoms with Crippen LogP contribution in [0.3, 0.4) is 0 Å². The maximum atomic E-state index is 8.85. The molecule has 2 aliphatic rings. The van der Waals surface area contributed by atoms with Gasteiger partial charge in [0, 0.05) is 13.0 Å². The number of ether oxygens (including phenoxy) is 1. The molecule has 3 rings (SSSR count). The second-order valence-corrected chi connectivity index (χ2v) is 5.34. The van der Waals surface area contributed by atoms with Crippen molar-refractivity contribution in [2.75, 3.05) is 25.0 Å². The van der Waals surface area contributed by atoms with Crippen LogP contribution in [0.2, 0.25) is 0 Å². The lowest BCUT2D eigenvalue weighted by atomic mass is 9.90. The van der Waals surface area contributed by atoms with Gasteiger partial charge < -0.3 is 15.4 Å². The van der Waals surface area contributed by atoms with Crippen molar-refractivity contribution < 1.29 is 4.74 Å². The highest BCUT2D eigenvalue weighted by Gasteiger charge is 2.41. The number of piperidine rings is 1. The average molecular weight is 258 g/mol. The molecule has 0 aliphatic carbocycles. The molecule has 2 saturated heterocycles. The van der Waals surface area contributed by atoms with E-state index >= 15 is 0 Å². The topological polar surface area (TPSA) is 70.0 Å². The first kappa shape index (κ1) is 12.4. The number of nitriles is 1. The van der Waals surface area contributed by atoms with Crippen LogP contribution >= 0.6 is 0 Å². The fraction of sp³-hybridized carbons (Fsp3) is 0.571. The zero-order valence-electron chi connectivity index (χ0n) is 10.9. The van der Waals surface area contributed by atoms with Crippen LogP contribution in [-0.4, -0.2) is 36.3 Å². The number of nitrogens with one attached hydrogen (secondary N) is 2. The molecule has 1 aromatic heterocycles. The standard InChI is InChI=1S/C14H18N4O/c15-8-11-3-1-4-13(17-11)18-12-7-14(19-9-12)5-2-6-16-10-14/h1,3-4,12,16H,2,5-7,9-10H2,(H,17,18). The van der Waals surface area contributed by atoms with Crippen LogP contribution < -0.4 is 10.6 Å². The Kier molecular flexibility index (Phi) is 3.36. The Morgan fingerprint density at radius 1 is 1.53 bits per heavy atom. The summed E-state index contributed by atoms with van der Waals surface area (Å²) in [7, 11) is 0. The zero-order chi connectivity index (χ0) is 13.1. The van der Waals surface area contributed by atoms with E-state index in [1.807, 2.05) is 12.1 Å². The van der Waals surface area contributed by atoms with Crippen molar-refractivity contribution in [2.45, 2.75) is 30.9 Å². The summed E-state index contributed by atoms with van der Waals surface area (Å²) in [6.45, 7) is 2.74. The summed E-state index contributed by atoms with van der Waals surface area (Å²) in [6.07, 6.45) is 3.30. The highest BCUT2D eigenvalue weighted by molar-refractivity contribution is 5.39. The Hall–Kier alpha value is -1.64. The third-order valence-corrected chi connectivity index (χ3v) is 3.86. The van der Waals surface area contributed by atoms with E-state index in [-0.39, 0.29) is 11.6 Å². The molecule has 0 aromatic carbocycles. The highest BCUT2D eigenvalue weighted by Crippen LogP contribution is 2.33. The lowest BCUT2D eigenvalue weighted by Gasteiger charge is -2.33. The third kappa shape index (κ3) is 2.70. The van der Waals surface area contributed by atoms with Crippen molar-refractivity contribution in [2.24, 2.45) is 0 Å². The van der Waals surface area contributed by atoms with E-state index in [0.29, 0.717) is 12.3 Å². The molecule has 0 amide bonds. The fourth-order valence-corrected chi connectivity index (χ4v) is 2.96. The van der Waals surface area contributed by atoms with E-state index in [9.17, 15) is 0 Å². The molecule has 3 heterocycles. The van der Waals surface area contributed by atoms with Gasteiger partial charge in [-0.15, -0.1) is 0 Å². The molecule has 5 heteroatoms. The smallest absolute Gasteiger partial charge is 0.142 e. The summed E-state index contributed by atoms with van der Waals surface area (Å²) in [4.78, 5) is 4.24. The van der Waals surface area contributed by atoms with Crippen LogP contribution in [0, 0.1) is 11.3 Å². The van der Waals surface area contributed by atoms with Gasteiger partial charge in [0.15, 0.2) is 0 Å². The summed E-state index contributed by atoms with van der Waals surface area (Å²) in [6, 6.07) is 7.79. The fourth-order valence-electron chi connectivity index (χ4n) is 2.96. The maximum Gasteiger partial charge on any atom is 0.142 e. The average Bonchev–Trinajstić information content (AvgIpc) is 2.82. The van der Waals surface area contributed by atoms with Crippen LogP contribution in [0.25, 0.3) is 0 Å². The van der Waals surface area contributed by atoms with Crippen LogP contribution in [0.15, 0.2) is 18.2 Å². The van der Waals surface area contributed by atoms with Crippen LogP contribution in [-0.2, 0) is 4.74 Å². The Morgan fingerprint density at radius 3 is 3.26 bits per heavy atom. The predicted molar refractivity (Wildman–Crippen MR) is 71.8 cm³/mol. The number of pyridine rings is 1. The SMILES string of the molecule is N#Cc1cccc(NC2COC3(CCCNC3)C2)n1. The summed E-state index contributed by atoms with van der Waals surface area (Å²) >= 11 is 0. The van der Waals surface area contributed by atoms with Gasteiger partial charge in [0.05, 0.1) is 18.2 Å². The molecule has 5 nitrogen and oxygen atoms in total. The van der Waals surface area contributed by atoms with Gasteiger partial charge in [-0.25, -0.2) is 4.98 Å². The number of rotatable bonds is 2. The summed E-state index contributed by atoms with van der Waals surface area (Å²) < 4.78 is 6.01. The molecular formula is C14H18N4O. The van der Waals surface area contributed by atoms with E-state index < -0.39 is 0 Å². The van der Waals surface area contributed by atoms with Crippen LogP contribution in [0.4, 0.5) is 5.82 Å². The van der Waals surface area contributed by atoms with E-state index in [2.05, 4.69) is 21.7 Å². The lowest BCUT2D eigenvalue weighted by molar-refractivity contribution is -0.0138. The summed E-state index contributed by atoms with van der Waals surface area (Å²) in [5, 5.41) is 15.6. The monoisotopic (exact) mass is 258 g/mol. The minimum atomic E-state index is 0.00273. The Bertz CT molecular complexity index is 490. The molecular weight excluding hydrogens is 240 g/mol. The molecule has 1 spiro atoms. The van der Waals surface area contributed by atoms with Crippen molar-refractivity contribution in [3.63, 3.8) is 0 Å². The van der Waals surface area contributed by atoms with E-state index in [4.69, 9.17) is 10.00 Å². The normalized spacial score (nSPS) is 30.2. The highest BCUT2D eigenvalue weighted by atomic mass is 16.5. The molecule has 2 aliphatic heterocycles. The van der Waals surface area contributed by atoms with E-state index in [1.165, 1.54) is 6.42 Å². The van der Waals surface area contributed by atoms with Crippen molar-refractivity contribution in [1.82, 2.24) is 10.3 Å². The van der Waals surface area contributed by atoms with Gasteiger partial charge in [-0.3, -0.25) is 0 Å². The van der Waals surface area contributed by atoms with Crippen molar-refractivity contribution in [1.29, 1.82) is 5.26 Å². The van der Waals surface area contributed by atoms with Crippen LogP contribution in [0.5, 0.6) is 0 Å². The molecule has 100 valence electrons. The number of hydrogen-bond donors (Lipinski definition) is 2. The first-order valence-electron chi connectivity index (χ1n) is 6.78. The molecule has 2 unspecified atom stereocenters. The van der Waals surface area contributed by atoms with E-state index in [1.54, 1.807) is 6.07 Å². The molecule has 1 aromatic rings. The van der Waals surface area contributed by atoms with Gasteiger partial charge in [-0.2, -0.15) is 5.26 Å². The maximum absolute atomic E-state index is 8.85. The minimum absolute atomic E-state index is 0.00273. The van der Waals surface area contributed by atoms with Gasteiger partial charge in [-0.1, -0.05) is 6.07 Å². The first-order chi connectivity index (χ1) is 9.30. The van der Waals surface area contributed by atoms with Crippen molar-refractivity contribution in [3.05, 3.63) is 23.9 Å². The minimum Gasteiger partial charge on any atom is -0.371 e. The van der Waals surface area contributed by atoms with Gasteiger partial charge in [0.25, 0.3) is 0 Å². The second kappa shape index (κ2) is 5.16.